The van der Waals surface area contributed by atoms with Crippen LogP contribution in [-0.2, 0) is 4.74 Å². The van der Waals surface area contributed by atoms with Crippen LogP contribution in [0.5, 0.6) is 0 Å². The molecule has 0 bridgehead atoms. The van der Waals surface area contributed by atoms with Crippen molar-refractivity contribution in [3.63, 3.8) is 0 Å². The van der Waals surface area contributed by atoms with Gasteiger partial charge in [0, 0.05) is 13.7 Å². The molecule has 0 aromatic rings. The molecule has 3 nitrogen and oxygen atoms in total. The Morgan fingerprint density at radius 2 is 2.29 bits per heavy atom. The maximum absolute atomic E-state index is 10.0. The molecule has 3 heteroatoms. The highest BCUT2D eigenvalue weighted by atomic mass is 16.5. The zero-order chi connectivity index (χ0) is 5.70. The average molecular weight is 104 g/mol. The van der Waals surface area contributed by atoms with E-state index in [2.05, 4.69) is 4.74 Å². The van der Waals surface area contributed by atoms with E-state index < -0.39 is 0 Å². The number of hydrogen-bond acceptors (Lipinski definition) is 3. The third-order valence-corrected chi connectivity index (χ3v) is 0.610. The summed E-state index contributed by atoms with van der Waals surface area (Å²) in [6.45, 7) is 0.969. The van der Waals surface area contributed by atoms with Gasteiger partial charge in [-0.3, -0.25) is 0 Å². The minimum absolute atomic E-state index is 0.455. The Hall–Kier alpha value is -0.120. The summed E-state index contributed by atoms with van der Waals surface area (Å²) in [6, 6.07) is 0. The lowest BCUT2D eigenvalue weighted by atomic mass is 10.7. The summed E-state index contributed by atoms with van der Waals surface area (Å²) in [6.07, 6.45) is 0. The smallest absolute Gasteiger partial charge is 0.0580 e. The van der Waals surface area contributed by atoms with E-state index in [-0.39, 0.29) is 0 Å². The third kappa shape index (κ3) is 5.88. The van der Waals surface area contributed by atoms with Gasteiger partial charge < -0.3 is 15.0 Å². The van der Waals surface area contributed by atoms with Gasteiger partial charge in [0.15, 0.2) is 0 Å². The van der Waals surface area contributed by atoms with Gasteiger partial charge in [0.05, 0.1) is 6.61 Å². The van der Waals surface area contributed by atoms with E-state index >= 15 is 0 Å². The molecule has 0 rings (SSSR count). The van der Waals surface area contributed by atoms with Gasteiger partial charge >= 0.3 is 0 Å². The highest BCUT2D eigenvalue weighted by Gasteiger charge is 1.77. The lowest BCUT2D eigenvalue weighted by molar-refractivity contribution is 0.178. The van der Waals surface area contributed by atoms with Crippen molar-refractivity contribution in [1.82, 2.24) is 5.06 Å². The molecular formula is C4H10NO2-. The first-order chi connectivity index (χ1) is 3.27. The normalized spacial score (nSPS) is 10.3. The van der Waals surface area contributed by atoms with Gasteiger partial charge in [-0.1, -0.05) is 0 Å². The fraction of sp³-hybridized carbons (Fsp3) is 1.00. The third-order valence-electron chi connectivity index (χ3n) is 0.610. The maximum atomic E-state index is 10.0. The quantitative estimate of drug-likeness (QED) is 0.475. The Balaban J connectivity index is 2.68. The molecule has 0 N–H and O–H groups in total. The summed E-state index contributed by atoms with van der Waals surface area (Å²) in [5.41, 5.74) is 0. The average Bonchev–Trinajstić information content (AvgIpc) is 1.61. The molecule has 0 radical (unpaired) electrons. The summed E-state index contributed by atoms with van der Waals surface area (Å²) >= 11 is 0. The van der Waals surface area contributed by atoms with E-state index in [0.717, 1.165) is 5.06 Å². The van der Waals surface area contributed by atoms with Gasteiger partial charge in [-0.25, -0.2) is 0 Å². The number of nitrogens with zero attached hydrogens (tertiary/aromatic N) is 1. The topological polar surface area (TPSA) is 35.5 Å². The number of ether oxygens (including phenoxy) is 1. The minimum Gasteiger partial charge on any atom is -0.785 e. The first-order valence-electron chi connectivity index (χ1n) is 2.14. The lowest BCUT2D eigenvalue weighted by Gasteiger charge is -2.20. The number of rotatable bonds is 3. The molecule has 0 amide bonds. The van der Waals surface area contributed by atoms with E-state index in [4.69, 9.17) is 0 Å². The summed E-state index contributed by atoms with van der Waals surface area (Å²) in [4.78, 5) is 0. The van der Waals surface area contributed by atoms with Gasteiger partial charge in [-0.05, 0) is 7.05 Å². The molecule has 0 aliphatic rings. The first kappa shape index (κ1) is 6.88. The summed E-state index contributed by atoms with van der Waals surface area (Å²) < 4.78 is 4.61. The van der Waals surface area contributed by atoms with Gasteiger partial charge in [-0.15, -0.1) is 0 Å². The fourth-order valence-corrected chi connectivity index (χ4v) is 0.220. The van der Waals surface area contributed by atoms with E-state index in [1.807, 2.05) is 0 Å². The Kier molecular flexibility index (Phi) is 3.98. The van der Waals surface area contributed by atoms with Gasteiger partial charge in [0.1, 0.15) is 0 Å². The van der Waals surface area contributed by atoms with Crippen LogP contribution in [0.3, 0.4) is 0 Å². The lowest BCUT2D eigenvalue weighted by Crippen LogP contribution is -2.14. The molecule has 0 aliphatic heterocycles. The first-order valence-corrected chi connectivity index (χ1v) is 2.14. The summed E-state index contributed by atoms with van der Waals surface area (Å²) in [5, 5.41) is 10.9. The van der Waals surface area contributed by atoms with Gasteiger partial charge in [0.2, 0.25) is 0 Å². The van der Waals surface area contributed by atoms with Crippen molar-refractivity contribution in [1.29, 1.82) is 0 Å². The van der Waals surface area contributed by atoms with Crippen LogP contribution < -0.4 is 0 Å². The molecule has 0 saturated heterocycles. The van der Waals surface area contributed by atoms with Crippen molar-refractivity contribution in [3.8, 4) is 0 Å². The van der Waals surface area contributed by atoms with E-state index in [0.29, 0.717) is 13.2 Å². The van der Waals surface area contributed by atoms with E-state index in [1.165, 1.54) is 7.05 Å². The van der Waals surface area contributed by atoms with Crippen molar-refractivity contribution in [2.45, 2.75) is 0 Å². The van der Waals surface area contributed by atoms with Crippen LogP contribution in [0.4, 0.5) is 0 Å². The number of methoxy groups -OCH3 is 1. The molecule has 0 aliphatic carbocycles. The Labute approximate surface area is 43.5 Å². The molecule has 0 fully saturated rings. The van der Waals surface area contributed by atoms with Crippen molar-refractivity contribution in [3.05, 3.63) is 5.21 Å². The second-order valence-electron chi connectivity index (χ2n) is 1.34. The molecule has 0 aromatic heterocycles. The van der Waals surface area contributed by atoms with Crippen molar-refractivity contribution >= 4 is 0 Å². The summed E-state index contributed by atoms with van der Waals surface area (Å²) in [5.74, 6) is 0. The van der Waals surface area contributed by atoms with Crippen molar-refractivity contribution in [2.75, 3.05) is 27.3 Å². The second kappa shape index (κ2) is 4.05. The van der Waals surface area contributed by atoms with E-state index in [9.17, 15) is 5.21 Å². The number of likely N-dealkylation sites (N-methyl/N-ethyl adjacent to an activating group) is 1. The van der Waals surface area contributed by atoms with Gasteiger partial charge in [-0.2, -0.15) is 0 Å². The predicted molar refractivity (Wildman–Crippen MR) is 27.9 cm³/mol. The van der Waals surface area contributed by atoms with Crippen LogP contribution in [0.2, 0.25) is 0 Å². The maximum Gasteiger partial charge on any atom is 0.0580 e. The molecular weight excluding hydrogens is 94.0 g/mol. The summed E-state index contributed by atoms with van der Waals surface area (Å²) in [7, 11) is 3.04. The fourth-order valence-electron chi connectivity index (χ4n) is 0.220. The van der Waals surface area contributed by atoms with Crippen LogP contribution in [0.1, 0.15) is 0 Å². The Morgan fingerprint density at radius 3 is 2.43 bits per heavy atom. The minimum atomic E-state index is 0.455. The van der Waals surface area contributed by atoms with Crippen molar-refractivity contribution in [2.24, 2.45) is 0 Å². The number of hydroxylamine groups is 2. The molecule has 0 heterocycles. The van der Waals surface area contributed by atoms with E-state index in [1.54, 1.807) is 7.11 Å². The largest absolute Gasteiger partial charge is 0.785 e. The molecule has 0 spiro atoms. The zero-order valence-corrected chi connectivity index (χ0v) is 4.68. The predicted octanol–water partition coefficient (Wildman–Crippen LogP) is 0.0624. The van der Waals surface area contributed by atoms with Crippen LogP contribution in [-0.4, -0.2) is 32.4 Å². The second-order valence-corrected chi connectivity index (χ2v) is 1.34. The van der Waals surface area contributed by atoms with Crippen LogP contribution in [0.15, 0.2) is 0 Å². The molecule has 0 atom stereocenters. The Bertz CT molecular complexity index is 38.7. The van der Waals surface area contributed by atoms with Crippen LogP contribution in [0.25, 0.3) is 0 Å². The standard InChI is InChI=1S/C4H10NO2/c1-5(6)3-4-7-2/h3-4H2,1-2H3/q-1. The zero-order valence-electron chi connectivity index (χ0n) is 4.68. The Morgan fingerprint density at radius 1 is 1.71 bits per heavy atom. The highest BCUT2D eigenvalue weighted by Crippen LogP contribution is 1.73. The molecule has 0 unspecified atom stereocenters. The highest BCUT2D eigenvalue weighted by molar-refractivity contribution is 4.44. The van der Waals surface area contributed by atoms with Crippen molar-refractivity contribution < 1.29 is 4.74 Å². The number of hydrogen-bond donors (Lipinski definition) is 0. The van der Waals surface area contributed by atoms with Crippen LogP contribution in [0, 0.1) is 5.21 Å². The SMILES string of the molecule is COCCN(C)[O-]. The molecule has 44 valence electrons. The van der Waals surface area contributed by atoms with Crippen LogP contribution >= 0.6 is 0 Å². The van der Waals surface area contributed by atoms with Gasteiger partial charge in [0.25, 0.3) is 0 Å². The monoisotopic (exact) mass is 104 g/mol. The molecule has 7 heavy (non-hydrogen) atoms. The molecule has 0 saturated carbocycles. The molecule has 0 aromatic carbocycles.